The number of hydrogen-bond acceptors (Lipinski definition) is 3. The number of guanidine groups is 1. The molecule has 0 spiro atoms. The maximum Gasteiger partial charge on any atom is 0.191 e. The van der Waals surface area contributed by atoms with Crippen LogP contribution in [0.15, 0.2) is 29.3 Å². The van der Waals surface area contributed by atoms with Gasteiger partial charge in [0.25, 0.3) is 0 Å². The van der Waals surface area contributed by atoms with Gasteiger partial charge < -0.3 is 15.2 Å². The second kappa shape index (κ2) is 10.9. The Hall–Kier alpha value is -1.64. The minimum atomic E-state index is 0. The Labute approximate surface area is 192 Å². The molecule has 0 amide bonds. The van der Waals surface area contributed by atoms with Crippen molar-refractivity contribution in [2.75, 3.05) is 13.6 Å². The average Bonchev–Trinajstić information content (AvgIpc) is 2.94. The predicted octanol–water partition coefficient (Wildman–Crippen LogP) is 3.83. The van der Waals surface area contributed by atoms with E-state index in [1.165, 1.54) is 30.4 Å². The van der Waals surface area contributed by atoms with Gasteiger partial charge in [-0.1, -0.05) is 51.5 Å². The lowest BCUT2D eigenvalue weighted by Gasteiger charge is -2.27. The molecule has 3 rings (SSSR count). The van der Waals surface area contributed by atoms with E-state index in [1.54, 1.807) is 0 Å². The number of benzene rings is 1. The summed E-state index contributed by atoms with van der Waals surface area (Å²) in [5.74, 6) is 2.91. The van der Waals surface area contributed by atoms with Crippen LogP contribution < -0.4 is 10.6 Å². The largest absolute Gasteiger partial charge is 0.356 e. The van der Waals surface area contributed by atoms with E-state index in [2.05, 4.69) is 75.4 Å². The molecule has 160 valence electrons. The fourth-order valence-electron chi connectivity index (χ4n) is 3.66. The summed E-state index contributed by atoms with van der Waals surface area (Å²) in [4.78, 5) is 4.38. The lowest BCUT2D eigenvalue weighted by molar-refractivity contribution is 0.507. The van der Waals surface area contributed by atoms with E-state index in [4.69, 9.17) is 0 Å². The molecule has 6 nitrogen and oxygen atoms in total. The molecule has 0 radical (unpaired) electrons. The summed E-state index contributed by atoms with van der Waals surface area (Å²) in [5, 5.41) is 15.6. The van der Waals surface area contributed by atoms with Crippen LogP contribution in [0.5, 0.6) is 0 Å². The Morgan fingerprint density at radius 2 is 1.86 bits per heavy atom. The number of halogens is 1. The van der Waals surface area contributed by atoms with Gasteiger partial charge >= 0.3 is 0 Å². The highest BCUT2D eigenvalue weighted by Crippen LogP contribution is 2.22. The number of nitrogens with zero attached hydrogens (tertiary/aromatic N) is 4. The van der Waals surface area contributed by atoms with Crippen molar-refractivity contribution in [2.24, 2.45) is 4.99 Å². The minimum Gasteiger partial charge on any atom is -0.356 e. The molecule has 2 aromatic rings. The minimum absolute atomic E-state index is 0. The van der Waals surface area contributed by atoms with Gasteiger partial charge in [0, 0.05) is 32.0 Å². The third-order valence-corrected chi connectivity index (χ3v) is 5.67. The van der Waals surface area contributed by atoms with Crippen LogP contribution in [0.3, 0.4) is 0 Å². The van der Waals surface area contributed by atoms with Gasteiger partial charge in [0.05, 0.1) is 6.54 Å². The molecule has 1 aromatic carbocycles. The van der Waals surface area contributed by atoms with Crippen molar-refractivity contribution in [2.45, 2.75) is 71.4 Å². The Morgan fingerprint density at radius 1 is 1.10 bits per heavy atom. The summed E-state index contributed by atoms with van der Waals surface area (Å²) in [6, 6.07) is 8.92. The predicted molar refractivity (Wildman–Crippen MR) is 130 cm³/mol. The average molecular weight is 510 g/mol. The zero-order valence-corrected chi connectivity index (χ0v) is 20.5. The smallest absolute Gasteiger partial charge is 0.191 e. The highest BCUT2D eigenvalue weighted by Gasteiger charge is 2.21. The number of nitrogens with one attached hydrogen (secondary N) is 2. The van der Waals surface area contributed by atoms with Crippen molar-refractivity contribution in [3.05, 3.63) is 47.0 Å². The lowest BCUT2D eigenvalue weighted by atomic mass is 9.84. The van der Waals surface area contributed by atoms with Crippen molar-refractivity contribution in [1.82, 2.24) is 25.4 Å². The maximum absolute atomic E-state index is 4.39. The summed E-state index contributed by atoms with van der Waals surface area (Å²) in [5.41, 5.74) is 2.71. The molecule has 0 saturated carbocycles. The molecule has 0 saturated heterocycles. The molecule has 2 N–H and O–H groups in total. The van der Waals surface area contributed by atoms with Crippen molar-refractivity contribution in [3.8, 4) is 0 Å². The van der Waals surface area contributed by atoms with Crippen molar-refractivity contribution >= 4 is 29.9 Å². The number of rotatable bonds is 6. The van der Waals surface area contributed by atoms with Crippen molar-refractivity contribution in [3.63, 3.8) is 0 Å². The van der Waals surface area contributed by atoms with Crippen molar-refractivity contribution < 1.29 is 0 Å². The van der Waals surface area contributed by atoms with Gasteiger partial charge in [-0.05, 0) is 30.4 Å². The molecular weight excluding hydrogens is 475 g/mol. The van der Waals surface area contributed by atoms with Gasteiger partial charge in [-0.2, -0.15) is 0 Å². The Bertz CT molecular complexity index is 794. The maximum atomic E-state index is 4.39. The van der Waals surface area contributed by atoms with E-state index in [0.29, 0.717) is 6.54 Å². The summed E-state index contributed by atoms with van der Waals surface area (Å²) in [7, 11) is 1.81. The van der Waals surface area contributed by atoms with E-state index in [9.17, 15) is 0 Å². The van der Waals surface area contributed by atoms with E-state index in [0.717, 1.165) is 43.5 Å². The quantitative estimate of drug-likeness (QED) is 0.352. The molecule has 1 aliphatic heterocycles. The SMILES string of the molecule is CCc1ccc(C(C)(C)CNC(=NC)NCc2nnc3n2CCCCC3)cc1.I. The van der Waals surface area contributed by atoms with Crippen LogP contribution >= 0.6 is 24.0 Å². The highest BCUT2D eigenvalue weighted by atomic mass is 127. The van der Waals surface area contributed by atoms with E-state index in [-0.39, 0.29) is 29.4 Å². The third-order valence-electron chi connectivity index (χ3n) is 5.67. The summed E-state index contributed by atoms with van der Waals surface area (Å²) < 4.78 is 2.27. The molecule has 2 heterocycles. The molecular formula is C22H35IN6. The second-order valence-corrected chi connectivity index (χ2v) is 8.21. The van der Waals surface area contributed by atoms with Crippen molar-refractivity contribution in [1.29, 1.82) is 0 Å². The molecule has 0 fully saturated rings. The van der Waals surface area contributed by atoms with Crippen LogP contribution in [-0.2, 0) is 31.3 Å². The summed E-state index contributed by atoms with van der Waals surface area (Å²) in [6.45, 7) is 9.16. The first-order valence-electron chi connectivity index (χ1n) is 10.5. The van der Waals surface area contributed by atoms with Crippen LogP contribution in [-0.4, -0.2) is 34.3 Å². The monoisotopic (exact) mass is 510 g/mol. The first-order chi connectivity index (χ1) is 13.5. The van der Waals surface area contributed by atoms with Gasteiger partial charge in [-0.25, -0.2) is 0 Å². The first-order valence-corrected chi connectivity index (χ1v) is 10.5. The van der Waals surface area contributed by atoms with Crippen LogP contribution in [0.2, 0.25) is 0 Å². The van der Waals surface area contributed by atoms with E-state index in [1.807, 2.05) is 7.05 Å². The molecule has 0 bridgehead atoms. The highest BCUT2D eigenvalue weighted by molar-refractivity contribution is 14.0. The topological polar surface area (TPSA) is 67.1 Å². The zero-order chi connectivity index (χ0) is 20.0. The number of aromatic nitrogens is 3. The lowest BCUT2D eigenvalue weighted by Crippen LogP contribution is -2.43. The number of aryl methyl sites for hydroxylation is 2. The molecule has 29 heavy (non-hydrogen) atoms. The van der Waals surface area contributed by atoms with Crippen LogP contribution in [0, 0.1) is 0 Å². The Morgan fingerprint density at radius 3 is 2.55 bits per heavy atom. The first kappa shape index (κ1) is 23.6. The number of hydrogen-bond donors (Lipinski definition) is 2. The van der Waals surface area contributed by atoms with Gasteiger partial charge in [-0.3, -0.25) is 4.99 Å². The zero-order valence-electron chi connectivity index (χ0n) is 18.2. The van der Waals surface area contributed by atoms with E-state index < -0.39 is 0 Å². The normalized spacial score (nSPS) is 14.6. The summed E-state index contributed by atoms with van der Waals surface area (Å²) >= 11 is 0. The molecule has 0 unspecified atom stereocenters. The standard InChI is InChI=1S/C22H34N6.HI/c1-5-17-10-12-18(13-11-17)22(2,3)16-25-21(23-4)24-15-20-27-26-19-9-7-6-8-14-28(19)20;/h10-13H,5-9,14-16H2,1-4H3,(H2,23,24,25);1H. The molecule has 1 aliphatic rings. The van der Waals surface area contributed by atoms with Gasteiger partial charge in [-0.15, -0.1) is 34.2 Å². The van der Waals surface area contributed by atoms with Gasteiger partial charge in [0.1, 0.15) is 5.82 Å². The second-order valence-electron chi connectivity index (χ2n) is 8.21. The van der Waals surface area contributed by atoms with Crippen LogP contribution in [0.1, 0.15) is 62.8 Å². The molecule has 1 aromatic heterocycles. The van der Waals surface area contributed by atoms with Crippen LogP contribution in [0.4, 0.5) is 0 Å². The molecule has 7 heteroatoms. The Balaban J connectivity index is 0.00000300. The van der Waals surface area contributed by atoms with Gasteiger partial charge in [0.2, 0.25) is 0 Å². The number of fused-ring (bicyclic) bond motifs is 1. The fourth-order valence-corrected chi connectivity index (χ4v) is 3.66. The summed E-state index contributed by atoms with van der Waals surface area (Å²) in [6.07, 6.45) is 5.79. The van der Waals surface area contributed by atoms with E-state index >= 15 is 0 Å². The number of aliphatic imine (C=N–C) groups is 1. The Kier molecular flexibility index (Phi) is 8.92. The fraction of sp³-hybridized carbons (Fsp3) is 0.591. The molecule has 0 aliphatic carbocycles. The van der Waals surface area contributed by atoms with Crippen LogP contribution in [0.25, 0.3) is 0 Å². The third kappa shape index (κ3) is 6.17. The molecule has 0 atom stereocenters. The van der Waals surface area contributed by atoms with Gasteiger partial charge in [0.15, 0.2) is 11.8 Å².